The lowest BCUT2D eigenvalue weighted by atomic mass is 9.72. The lowest BCUT2D eigenvalue weighted by molar-refractivity contribution is 0.377. The van der Waals surface area contributed by atoms with E-state index < -0.39 is 0 Å². The van der Waals surface area contributed by atoms with Gasteiger partial charge in [-0.1, -0.05) is 23.7 Å². The van der Waals surface area contributed by atoms with Gasteiger partial charge in [0.2, 0.25) is 0 Å². The molecule has 0 saturated carbocycles. The van der Waals surface area contributed by atoms with Crippen LogP contribution in [-0.2, 0) is 13.0 Å². The van der Waals surface area contributed by atoms with Crippen molar-refractivity contribution in [1.82, 2.24) is 0 Å². The molecule has 0 unspecified atom stereocenters. The second-order valence-corrected chi connectivity index (χ2v) is 10.4. The molecule has 1 saturated heterocycles. The van der Waals surface area contributed by atoms with Crippen molar-refractivity contribution in [3.8, 4) is 0 Å². The summed E-state index contributed by atoms with van der Waals surface area (Å²) in [4.78, 5) is 9.51. The molecule has 0 amide bonds. The third-order valence-electron chi connectivity index (χ3n) is 6.21. The normalized spacial score (nSPS) is 18.8. The highest BCUT2D eigenvalue weighted by molar-refractivity contribution is 7.99. The van der Waals surface area contributed by atoms with E-state index in [0.29, 0.717) is 6.54 Å². The predicted octanol–water partition coefficient (Wildman–Crippen LogP) is 5.55. The molecule has 1 spiro atoms. The van der Waals surface area contributed by atoms with Gasteiger partial charge in [0.25, 0.3) is 0 Å². The van der Waals surface area contributed by atoms with Gasteiger partial charge in [-0.05, 0) is 66.2 Å². The van der Waals surface area contributed by atoms with Crippen LogP contribution in [0.2, 0.25) is 5.02 Å². The number of halogens is 1. The van der Waals surface area contributed by atoms with Crippen molar-refractivity contribution in [2.24, 2.45) is 10.4 Å². The Kier molecular flexibility index (Phi) is 6.21. The van der Waals surface area contributed by atoms with Crippen LogP contribution < -0.4 is 15.1 Å². The van der Waals surface area contributed by atoms with E-state index in [-0.39, 0.29) is 5.41 Å². The first-order valence-electron chi connectivity index (χ1n) is 10.5. The largest absolute Gasteiger partial charge is 0.376 e. The van der Waals surface area contributed by atoms with Crippen LogP contribution in [0, 0.1) is 5.41 Å². The van der Waals surface area contributed by atoms with E-state index in [0.717, 1.165) is 22.8 Å². The van der Waals surface area contributed by atoms with Crippen LogP contribution in [0.15, 0.2) is 41.4 Å². The van der Waals surface area contributed by atoms with E-state index in [1.165, 1.54) is 47.0 Å². The van der Waals surface area contributed by atoms with Gasteiger partial charge in [0.15, 0.2) is 0 Å². The van der Waals surface area contributed by atoms with Crippen LogP contribution in [0.1, 0.15) is 24.0 Å². The first-order chi connectivity index (χ1) is 14.4. The highest BCUT2D eigenvalue weighted by Crippen LogP contribution is 2.46. The summed E-state index contributed by atoms with van der Waals surface area (Å²) in [6.07, 6.45) is 3.40. The fourth-order valence-corrected chi connectivity index (χ4v) is 5.98. The molecule has 1 fully saturated rings. The molecule has 0 aliphatic carbocycles. The summed E-state index contributed by atoms with van der Waals surface area (Å²) in [6.45, 7) is 0.656. The van der Waals surface area contributed by atoms with Gasteiger partial charge >= 0.3 is 0 Å². The Balaban J connectivity index is 1.73. The monoisotopic (exact) mass is 442 g/mol. The quantitative estimate of drug-likeness (QED) is 0.672. The lowest BCUT2D eigenvalue weighted by Crippen LogP contribution is -2.44. The van der Waals surface area contributed by atoms with Crippen molar-refractivity contribution in [3.05, 3.63) is 52.5 Å². The molecule has 1 N–H and O–H groups in total. The maximum atomic E-state index is 6.19. The van der Waals surface area contributed by atoms with E-state index in [2.05, 4.69) is 73.3 Å². The molecule has 2 aromatic carbocycles. The third kappa shape index (κ3) is 4.28. The number of fused-ring (bicyclic) bond motifs is 1. The summed E-state index contributed by atoms with van der Waals surface area (Å²) in [6, 6.07) is 12.7. The average molecular weight is 443 g/mol. The number of nitrogens with one attached hydrogen (secondary N) is 1. The lowest BCUT2D eigenvalue weighted by Gasteiger charge is -2.43. The molecule has 4 nitrogen and oxygen atoms in total. The predicted molar refractivity (Wildman–Crippen MR) is 134 cm³/mol. The highest BCUT2D eigenvalue weighted by Gasteiger charge is 2.41. The first-order valence-corrected chi connectivity index (χ1v) is 12.1. The van der Waals surface area contributed by atoms with Crippen molar-refractivity contribution < 1.29 is 0 Å². The van der Waals surface area contributed by atoms with Crippen molar-refractivity contribution in [2.45, 2.75) is 25.8 Å². The van der Waals surface area contributed by atoms with Crippen LogP contribution in [0.25, 0.3) is 0 Å². The summed E-state index contributed by atoms with van der Waals surface area (Å²) in [5, 5.41) is 4.54. The first kappa shape index (κ1) is 21.4. The Morgan fingerprint density at radius 3 is 2.40 bits per heavy atom. The van der Waals surface area contributed by atoms with Gasteiger partial charge in [-0.2, -0.15) is 11.8 Å². The van der Waals surface area contributed by atoms with Crippen molar-refractivity contribution in [2.75, 3.05) is 54.8 Å². The molecule has 6 heteroatoms. The number of hydrogen-bond acceptors (Lipinski definition) is 4. The Bertz CT molecular complexity index is 948. The zero-order valence-corrected chi connectivity index (χ0v) is 19.9. The molecular formula is C24H31ClN4S. The minimum absolute atomic E-state index is 0.111. The minimum atomic E-state index is 0.111. The molecule has 4 rings (SSSR count). The summed E-state index contributed by atoms with van der Waals surface area (Å²) < 4.78 is 0. The van der Waals surface area contributed by atoms with Crippen molar-refractivity contribution in [3.63, 3.8) is 0 Å². The molecule has 2 heterocycles. The molecule has 2 aliphatic rings. The number of hydrogen-bond donors (Lipinski definition) is 1. The zero-order valence-electron chi connectivity index (χ0n) is 18.3. The summed E-state index contributed by atoms with van der Waals surface area (Å²) in [5.41, 5.74) is 6.34. The number of thioether (sulfide) groups is 1. The summed E-state index contributed by atoms with van der Waals surface area (Å²) in [7, 11) is 8.45. The van der Waals surface area contributed by atoms with Crippen molar-refractivity contribution >= 4 is 46.3 Å². The fraction of sp³-hybridized carbons (Fsp3) is 0.458. The van der Waals surface area contributed by atoms with Gasteiger partial charge in [-0.15, -0.1) is 0 Å². The van der Waals surface area contributed by atoms with E-state index in [1.54, 1.807) is 0 Å². The number of rotatable bonds is 4. The molecule has 2 aromatic rings. The second-order valence-electron chi connectivity index (χ2n) is 8.78. The number of nitrogens with zero attached hydrogens (tertiary/aromatic N) is 3. The number of anilines is 3. The molecule has 160 valence electrons. The van der Waals surface area contributed by atoms with E-state index in [1.807, 2.05) is 18.2 Å². The van der Waals surface area contributed by atoms with Gasteiger partial charge in [0.1, 0.15) is 5.84 Å². The van der Waals surface area contributed by atoms with Crippen LogP contribution in [-0.4, -0.2) is 45.5 Å². The minimum Gasteiger partial charge on any atom is -0.376 e. The number of aliphatic imine (C=N–C) groups is 1. The second kappa shape index (κ2) is 8.72. The summed E-state index contributed by atoms with van der Waals surface area (Å²) in [5.74, 6) is 3.55. The Hall–Kier alpha value is -1.85. The van der Waals surface area contributed by atoms with Crippen LogP contribution in [0.4, 0.5) is 17.1 Å². The molecule has 30 heavy (non-hydrogen) atoms. The molecule has 0 radical (unpaired) electrons. The van der Waals surface area contributed by atoms with Gasteiger partial charge < -0.3 is 15.1 Å². The highest BCUT2D eigenvalue weighted by atomic mass is 35.5. The van der Waals surface area contributed by atoms with E-state index >= 15 is 0 Å². The van der Waals surface area contributed by atoms with Gasteiger partial charge in [-0.25, -0.2) is 0 Å². The standard InChI is InChI=1S/C24H31ClN4S/c1-28(2)21-13-18-15-24(8-10-30-11-9-24)23(27-20(18)14-22(21)29(3)4)26-16-17-6-5-7-19(25)12-17/h5-7,12-14H,8-11,15-16H2,1-4H3,(H,26,27). The third-order valence-corrected chi connectivity index (χ3v) is 7.43. The maximum absolute atomic E-state index is 6.19. The zero-order chi connectivity index (χ0) is 21.3. The number of benzene rings is 2. The van der Waals surface area contributed by atoms with Crippen LogP contribution >= 0.6 is 23.4 Å². The molecule has 0 aromatic heterocycles. The SMILES string of the molecule is CN(C)c1cc2c(cc1N(C)C)NC(=NCc1cccc(Cl)c1)C1(CCSCC1)C2. The van der Waals surface area contributed by atoms with E-state index in [4.69, 9.17) is 16.6 Å². The Morgan fingerprint density at radius 1 is 1.03 bits per heavy atom. The Labute approximate surface area is 189 Å². The molecular weight excluding hydrogens is 412 g/mol. The van der Waals surface area contributed by atoms with Gasteiger partial charge in [0.05, 0.1) is 17.9 Å². The Morgan fingerprint density at radius 2 is 1.73 bits per heavy atom. The van der Waals surface area contributed by atoms with Gasteiger partial charge in [0, 0.05) is 44.3 Å². The van der Waals surface area contributed by atoms with Crippen molar-refractivity contribution in [1.29, 1.82) is 0 Å². The molecule has 2 aliphatic heterocycles. The van der Waals surface area contributed by atoms with E-state index in [9.17, 15) is 0 Å². The van der Waals surface area contributed by atoms with Gasteiger partial charge in [-0.3, -0.25) is 4.99 Å². The number of amidine groups is 1. The van der Waals surface area contributed by atoms with Crippen LogP contribution in [0.3, 0.4) is 0 Å². The van der Waals surface area contributed by atoms with Crippen LogP contribution in [0.5, 0.6) is 0 Å². The average Bonchev–Trinajstić information content (AvgIpc) is 2.72. The topological polar surface area (TPSA) is 30.9 Å². The molecule has 0 bridgehead atoms. The fourth-order valence-electron chi connectivity index (χ4n) is 4.50. The maximum Gasteiger partial charge on any atom is 0.108 e. The summed E-state index contributed by atoms with van der Waals surface area (Å²) >= 11 is 8.25. The molecule has 0 atom stereocenters. The smallest absolute Gasteiger partial charge is 0.108 e.